The Morgan fingerprint density at radius 3 is 1.53 bits per heavy atom. The third-order valence-electron chi connectivity index (χ3n) is 3.18. The second-order valence-corrected chi connectivity index (χ2v) is 5.38. The van der Waals surface area contributed by atoms with Crippen LogP contribution in [0.5, 0.6) is 0 Å². The van der Waals surface area contributed by atoms with E-state index in [1.54, 1.807) is 0 Å². The summed E-state index contributed by atoms with van der Waals surface area (Å²) in [5.41, 5.74) is 0. The molecule has 0 saturated heterocycles. The summed E-state index contributed by atoms with van der Waals surface area (Å²) in [6, 6.07) is 0. The highest BCUT2D eigenvalue weighted by Crippen LogP contribution is 2.12. The molecule has 0 saturated carbocycles. The topological polar surface area (TPSA) is 26.3 Å². The number of rotatable bonds is 14. The SMILES string of the molecule is CCCCCCCCCCCCCCO[PH2]=O. The molecule has 0 spiro atoms. The van der Waals surface area contributed by atoms with E-state index >= 15 is 0 Å². The van der Waals surface area contributed by atoms with Crippen LogP contribution in [0.4, 0.5) is 0 Å². The average molecular weight is 262 g/mol. The van der Waals surface area contributed by atoms with Crippen molar-refractivity contribution < 1.29 is 9.09 Å². The Morgan fingerprint density at radius 1 is 0.706 bits per heavy atom. The maximum atomic E-state index is 10.1. The second-order valence-electron chi connectivity index (χ2n) is 4.86. The number of unbranched alkanes of at least 4 members (excludes halogenated alkanes) is 11. The summed E-state index contributed by atoms with van der Waals surface area (Å²) in [5, 5.41) is 0. The van der Waals surface area contributed by atoms with Gasteiger partial charge in [0.25, 0.3) is 0 Å². The van der Waals surface area contributed by atoms with E-state index in [9.17, 15) is 4.57 Å². The van der Waals surface area contributed by atoms with Gasteiger partial charge in [-0.3, -0.25) is 4.57 Å². The minimum absolute atomic E-state index is 0.691. The molecular weight excluding hydrogens is 231 g/mol. The first-order valence-corrected chi connectivity index (χ1v) is 8.41. The minimum Gasteiger partial charge on any atom is -0.332 e. The lowest BCUT2D eigenvalue weighted by Crippen LogP contribution is -1.86. The van der Waals surface area contributed by atoms with E-state index in [1.165, 1.54) is 70.6 Å². The van der Waals surface area contributed by atoms with Gasteiger partial charge in [0.05, 0.1) is 6.61 Å². The van der Waals surface area contributed by atoms with Crippen molar-refractivity contribution in [2.45, 2.75) is 84.0 Å². The van der Waals surface area contributed by atoms with E-state index in [-0.39, 0.29) is 0 Å². The number of hydrogen-bond acceptors (Lipinski definition) is 2. The Bertz CT molecular complexity index is 151. The maximum absolute atomic E-state index is 10.1. The second kappa shape index (κ2) is 16.2. The van der Waals surface area contributed by atoms with Gasteiger partial charge in [-0.15, -0.1) is 0 Å². The van der Waals surface area contributed by atoms with Gasteiger partial charge in [0.2, 0.25) is 0 Å². The van der Waals surface area contributed by atoms with Crippen LogP contribution in [-0.4, -0.2) is 6.61 Å². The van der Waals surface area contributed by atoms with E-state index in [1.807, 2.05) is 0 Å². The Labute approximate surface area is 109 Å². The molecule has 0 N–H and O–H groups in total. The molecule has 1 atom stereocenters. The summed E-state index contributed by atoms with van der Waals surface area (Å²) in [6.07, 6.45) is 16.3. The van der Waals surface area contributed by atoms with Crippen molar-refractivity contribution in [1.29, 1.82) is 0 Å². The Kier molecular flexibility index (Phi) is 16.4. The maximum Gasteiger partial charge on any atom is 0.179 e. The molecule has 0 aromatic rings. The average Bonchev–Trinajstić information content (AvgIpc) is 2.35. The zero-order valence-corrected chi connectivity index (χ0v) is 12.7. The zero-order valence-electron chi connectivity index (χ0n) is 11.6. The molecule has 0 aromatic heterocycles. The smallest absolute Gasteiger partial charge is 0.179 e. The largest absolute Gasteiger partial charge is 0.332 e. The van der Waals surface area contributed by atoms with Crippen LogP contribution in [0.2, 0.25) is 0 Å². The van der Waals surface area contributed by atoms with E-state index in [4.69, 9.17) is 4.52 Å². The van der Waals surface area contributed by atoms with Crippen LogP contribution >= 0.6 is 8.69 Å². The molecule has 0 rings (SSSR count). The predicted octanol–water partition coefficient (Wildman–Crippen LogP) is 5.38. The Hall–Kier alpha value is 0.190. The monoisotopic (exact) mass is 262 g/mol. The standard InChI is InChI=1S/C14H31O2P/c1-2-3-4-5-6-7-8-9-10-11-12-13-14-16-17-15/h2-14,17H2,1H3. The Balaban J connectivity index is 2.87. The molecule has 0 aromatic carbocycles. The van der Waals surface area contributed by atoms with Crippen molar-refractivity contribution in [3.05, 3.63) is 0 Å². The molecule has 0 heterocycles. The summed E-state index contributed by atoms with van der Waals surface area (Å²) < 4.78 is 14.9. The van der Waals surface area contributed by atoms with E-state index < -0.39 is 8.69 Å². The van der Waals surface area contributed by atoms with Crippen molar-refractivity contribution in [3.8, 4) is 0 Å². The van der Waals surface area contributed by atoms with Gasteiger partial charge in [0.1, 0.15) is 0 Å². The molecule has 0 aliphatic carbocycles. The summed E-state index contributed by atoms with van der Waals surface area (Å²) in [5.74, 6) is 0. The highest BCUT2D eigenvalue weighted by molar-refractivity contribution is 7.17. The molecule has 0 fully saturated rings. The van der Waals surface area contributed by atoms with E-state index in [0.717, 1.165) is 6.42 Å². The molecule has 3 heteroatoms. The molecular formula is C14H31O2P. The summed E-state index contributed by atoms with van der Waals surface area (Å²) in [6.45, 7) is 2.96. The minimum atomic E-state index is -0.988. The molecule has 0 bridgehead atoms. The molecule has 0 aliphatic heterocycles. The lowest BCUT2D eigenvalue weighted by atomic mass is 10.1. The van der Waals surface area contributed by atoms with Gasteiger partial charge in [-0.25, -0.2) is 0 Å². The van der Waals surface area contributed by atoms with Gasteiger partial charge < -0.3 is 4.52 Å². The van der Waals surface area contributed by atoms with Crippen molar-refractivity contribution in [2.24, 2.45) is 0 Å². The summed E-state index contributed by atoms with van der Waals surface area (Å²) in [7, 11) is -0.988. The zero-order chi connectivity index (χ0) is 12.6. The Morgan fingerprint density at radius 2 is 1.12 bits per heavy atom. The lowest BCUT2D eigenvalue weighted by Gasteiger charge is -2.02. The van der Waals surface area contributed by atoms with E-state index in [0.29, 0.717) is 6.61 Å². The van der Waals surface area contributed by atoms with E-state index in [2.05, 4.69) is 6.92 Å². The van der Waals surface area contributed by atoms with Gasteiger partial charge in [-0.1, -0.05) is 77.6 Å². The first-order valence-electron chi connectivity index (χ1n) is 7.47. The first kappa shape index (κ1) is 17.2. The lowest BCUT2D eigenvalue weighted by molar-refractivity contribution is 0.328. The van der Waals surface area contributed by atoms with Crippen LogP contribution in [0.25, 0.3) is 0 Å². The van der Waals surface area contributed by atoms with Gasteiger partial charge in [0.15, 0.2) is 8.69 Å². The van der Waals surface area contributed by atoms with Crippen molar-refractivity contribution in [2.75, 3.05) is 6.61 Å². The van der Waals surface area contributed by atoms with Crippen LogP contribution in [-0.2, 0) is 9.09 Å². The van der Waals surface area contributed by atoms with Gasteiger partial charge in [-0.05, 0) is 6.42 Å². The summed E-state index contributed by atoms with van der Waals surface area (Å²) >= 11 is 0. The highest BCUT2D eigenvalue weighted by atomic mass is 31.1. The molecule has 0 radical (unpaired) electrons. The first-order chi connectivity index (χ1) is 8.41. The quantitative estimate of drug-likeness (QED) is 0.310. The van der Waals surface area contributed by atoms with Crippen molar-refractivity contribution in [3.63, 3.8) is 0 Å². The third-order valence-corrected chi connectivity index (χ3v) is 3.56. The molecule has 17 heavy (non-hydrogen) atoms. The fourth-order valence-electron chi connectivity index (χ4n) is 2.07. The third kappa shape index (κ3) is 16.2. The summed E-state index contributed by atoms with van der Waals surface area (Å²) in [4.78, 5) is 0. The molecule has 1 unspecified atom stereocenters. The fourth-order valence-corrected chi connectivity index (χ4v) is 2.34. The molecule has 104 valence electrons. The van der Waals surface area contributed by atoms with Gasteiger partial charge >= 0.3 is 0 Å². The fraction of sp³-hybridized carbons (Fsp3) is 1.00. The van der Waals surface area contributed by atoms with Crippen LogP contribution in [0.3, 0.4) is 0 Å². The normalized spacial score (nSPS) is 11.6. The van der Waals surface area contributed by atoms with Crippen molar-refractivity contribution >= 4 is 8.69 Å². The molecule has 2 nitrogen and oxygen atoms in total. The van der Waals surface area contributed by atoms with Crippen molar-refractivity contribution in [1.82, 2.24) is 0 Å². The van der Waals surface area contributed by atoms with Crippen LogP contribution < -0.4 is 0 Å². The van der Waals surface area contributed by atoms with Crippen LogP contribution in [0.15, 0.2) is 0 Å². The van der Waals surface area contributed by atoms with Crippen LogP contribution in [0, 0.1) is 0 Å². The highest BCUT2D eigenvalue weighted by Gasteiger charge is 1.93. The van der Waals surface area contributed by atoms with Crippen LogP contribution in [0.1, 0.15) is 84.0 Å². The molecule has 0 aliphatic rings. The molecule has 0 amide bonds. The van der Waals surface area contributed by atoms with Gasteiger partial charge in [-0.2, -0.15) is 0 Å². The number of hydrogen-bond donors (Lipinski definition) is 0. The van der Waals surface area contributed by atoms with Gasteiger partial charge in [0, 0.05) is 0 Å². The predicted molar refractivity (Wildman–Crippen MR) is 77.4 cm³/mol.